The zero-order valence-electron chi connectivity index (χ0n) is 9.43. The zero-order valence-corrected chi connectivity index (χ0v) is 9.43. The van der Waals surface area contributed by atoms with Gasteiger partial charge in [-0.2, -0.15) is 0 Å². The Bertz CT molecular complexity index is 95.2. The Balaban J connectivity index is 4.05. The van der Waals surface area contributed by atoms with Crippen molar-refractivity contribution in [1.29, 1.82) is 0 Å². The highest BCUT2D eigenvalue weighted by molar-refractivity contribution is 4.73. The number of hydrogen-bond donors (Lipinski definition) is 0. The predicted octanol–water partition coefficient (Wildman–Crippen LogP) is 3.15. The van der Waals surface area contributed by atoms with Gasteiger partial charge in [-0.15, -0.1) is 0 Å². The lowest BCUT2D eigenvalue weighted by atomic mass is 9.90. The normalized spacial score (nSPS) is 14.2. The maximum atomic E-state index is 2.39. The second-order valence-electron chi connectivity index (χ2n) is 3.90. The highest BCUT2D eigenvalue weighted by Crippen LogP contribution is 2.20. The molecule has 0 rings (SSSR count). The Labute approximate surface area is 78.1 Å². The van der Waals surface area contributed by atoms with Crippen molar-refractivity contribution in [3.8, 4) is 0 Å². The van der Waals surface area contributed by atoms with Gasteiger partial charge in [-0.25, -0.2) is 0 Å². The summed E-state index contributed by atoms with van der Waals surface area (Å²) in [5, 5.41) is 0. The van der Waals surface area contributed by atoms with E-state index >= 15 is 0 Å². The van der Waals surface area contributed by atoms with Crippen LogP contribution in [0.4, 0.5) is 0 Å². The molecule has 1 heteroatoms. The summed E-state index contributed by atoms with van der Waals surface area (Å²) in [4.78, 5) is 2.39. The molecular formula is C11H25N. The molecule has 1 atom stereocenters. The highest BCUT2D eigenvalue weighted by atomic mass is 15.1. The quantitative estimate of drug-likeness (QED) is 0.593. The van der Waals surface area contributed by atoms with Crippen LogP contribution in [0.15, 0.2) is 0 Å². The van der Waals surface area contributed by atoms with Crippen LogP contribution in [0.5, 0.6) is 0 Å². The zero-order chi connectivity index (χ0) is 9.56. The van der Waals surface area contributed by atoms with Gasteiger partial charge in [0.25, 0.3) is 0 Å². The minimum absolute atomic E-state index is 0.796. The first kappa shape index (κ1) is 12.0. The van der Waals surface area contributed by atoms with Crippen LogP contribution in [-0.4, -0.2) is 25.0 Å². The van der Waals surface area contributed by atoms with Gasteiger partial charge in [0.05, 0.1) is 0 Å². The largest absolute Gasteiger partial charge is 0.306 e. The van der Waals surface area contributed by atoms with Crippen LogP contribution >= 0.6 is 0 Å². The van der Waals surface area contributed by atoms with E-state index < -0.39 is 0 Å². The van der Waals surface area contributed by atoms with Gasteiger partial charge in [-0.05, 0) is 26.4 Å². The van der Waals surface area contributed by atoms with Crippen LogP contribution in [0, 0.1) is 5.92 Å². The minimum Gasteiger partial charge on any atom is -0.306 e. The van der Waals surface area contributed by atoms with Gasteiger partial charge in [0.15, 0.2) is 0 Å². The molecule has 0 radical (unpaired) electrons. The van der Waals surface area contributed by atoms with E-state index in [2.05, 4.69) is 39.8 Å². The van der Waals surface area contributed by atoms with Crippen LogP contribution in [0.25, 0.3) is 0 Å². The Morgan fingerprint density at radius 2 is 1.50 bits per heavy atom. The van der Waals surface area contributed by atoms with Gasteiger partial charge in [0.1, 0.15) is 0 Å². The minimum atomic E-state index is 0.796. The topological polar surface area (TPSA) is 3.24 Å². The van der Waals surface area contributed by atoms with E-state index in [1.807, 2.05) is 0 Å². The molecule has 0 spiro atoms. The van der Waals surface area contributed by atoms with Crippen molar-refractivity contribution in [2.75, 3.05) is 14.1 Å². The lowest BCUT2D eigenvalue weighted by molar-refractivity contribution is 0.187. The van der Waals surface area contributed by atoms with Crippen molar-refractivity contribution in [2.45, 2.75) is 52.5 Å². The molecular weight excluding hydrogens is 146 g/mol. The molecule has 0 aromatic carbocycles. The molecule has 1 nitrogen and oxygen atoms in total. The molecule has 0 heterocycles. The second-order valence-corrected chi connectivity index (χ2v) is 3.90. The third-order valence-corrected chi connectivity index (χ3v) is 2.84. The number of hydrogen-bond acceptors (Lipinski definition) is 1. The molecule has 74 valence electrons. The van der Waals surface area contributed by atoms with E-state index in [0.29, 0.717) is 0 Å². The summed E-state index contributed by atoms with van der Waals surface area (Å²) in [5.74, 6) is 0.889. The third kappa shape index (κ3) is 3.57. The van der Waals surface area contributed by atoms with Gasteiger partial charge in [0, 0.05) is 6.04 Å². The first-order valence-electron chi connectivity index (χ1n) is 5.33. The summed E-state index contributed by atoms with van der Waals surface area (Å²) < 4.78 is 0. The molecule has 0 amide bonds. The fourth-order valence-corrected chi connectivity index (χ4v) is 2.04. The van der Waals surface area contributed by atoms with Crippen molar-refractivity contribution >= 4 is 0 Å². The van der Waals surface area contributed by atoms with E-state index in [-0.39, 0.29) is 0 Å². The van der Waals surface area contributed by atoms with Crippen molar-refractivity contribution in [2.24, 2.45) is 5.92 Å². The van der Waals surface area contributed by atoms with Crippen LogP contribution in [0.3, 0.4) is 0 Å². The van der Waals surface area contributed by atoms with Gasteiger partial charge < -0.3 is 4.90 Å². The smallest absolute Gasteiger partial charge is 0.0117 e. The standard InChI is InChI=1S/C11H25N/c1-6-9-11(12(4)5)10(7-2)8-3/h10-11H,6-9H2,1-5H3. The van der Waals surface area contributed by atoms with Crippen LogP contribution in [-0.2, 0) is 0 Å². The molecule has 0 aliphatic rings. The average Bonchev–Trinajstić information content (AvgIpc) is 2.05. The first-order chi connectivity index (χ1) is 5.67. The lowest BCUT2D eigenvalue weighted by Crippen LogP contribution is -2.34. The highest BCUT2D eigenvalue weighted by Gasteiger charge is 2.18. The monoisotopic (exact) mass is 171 g/mol. The van der Waals surface area contributed by atoms with E-state index in [1.165, 1.54) is 25.7 Å². The van der Waals surface area contributed by atoms with Crippen LogP contribution < -0.4 is 0 Å². The van der Waals surface area contributed by atoms with Crippen molar-refractivity contribution in [1.82, 2.24) is 4.90 Å². The van der Waals surface area contributed by atoms with E-state index in [1.54, 1.807) is 0 Å². The summed E-state index contributed by atoms with van der Waals surface area (Å²) in [5.41, 5.74) is 0. The molecule has 0 bridgehead atoms. The molecule has 12 heavy (non-hydrogen) atoms. The lowest BCUT2D eigenvalue weighted by Gasteiger charge is -2.31. The molecule has 0 N–H and O–H groups in total. The van der Waals surface area contributed by atoms with E-state index in [4.69, 9.17) is 0 Å². The fourth-order valence-electron chi connectivity index (χ4n) is 2.04. The van der Waals surface area contributed by atoms with Crippen molar-refractivity contribution < 1.29 is 0 Å². The summed E-state index contributed by atoms with van der Waals surface area (Å²) >= 11 is 0. The molecule has 0 aliphatic heterocycles. The van der Waals surface area contributed by atoms with Crippen LogP contribution in [0.2, 0.25) is 0 Å². The average molecular weight is 171 g/mol. The Morgan fingerprint density at radius 3 is 1.75 bits per heavy atom. The van der Waals surface area contributed by atoms with E-state index in [0.717, 1.165) is 12.0 Å². The first-order valence-corrected chi connectivity index (χ1v) is 5.33. The van der Waals surface area contributed by atoms with Gasteiger partial charge in [-0.1, -0.05) is 40.0 Å². The molecule has 0 fully saturated rings. The Morgan fingerprint density at radius 1 is 1.00 bits per heavy atom. The van der Waals surface area contributed by atoms with Crippen LogP contribution in [0.1, 0.15) is 46.5 Å². The molecule has 0 aromatic rings. The Hall–Kier alpha value is -0.0400. The summed E-state index contributed by atoms with van der Waals surface area (Å²) in [6, 6.07) is 0.796. The Kier molecular flexibility index (Phi) is 6.45. The molecule has 1 unspecified atom stereocenters. The number of nitrogens with zero attached hydrogens (tertiary/aromatic N) is 1. The molecule has 0 aliphatic carbocycles. The van der Waals surface area contributed by atoms with Gasteiger partial charge >= 0.3 is 0 Å². The predicted molar refractivity (Wildman–Crippen MR) is 56.5 cm³/mol. The van der Waals surface area contributed by atoms with Crippen molar-refractivity contribution in [3.63, 3.8) is 0 Å². The maximum absolute atomic E-state index is 2.39. The summed E-state index contributed by atoms with van der Waals surface area (Å²) in [6.07, 6.45) is 5.29. The summed E-state index contributed by atoms with van der Waals surface area (Å²) in [6.45, 7) is 6.89. The van der Waals surface area contributed by atoms with Gasteiger partial charge in [-0.3, -0.25) is 0 Å². The molecule has 0 aromatic heterocycles. The molecule has 0 saturated heterocycles. The van der Waals surface area contributed by atoms with Crippen molar-refractivity contribution in [3.05, 3.63) is 0 Å². The SMILES string of the molecule is CCCC(C(CC)CC)N(C)C. The second kappa shape index (κ2) is 6.47. The maximum Gasteiger partial charge on any atom is 0.0117 e. The fraction of sp³-hybridized carbons (Fsp3) is 1.00. The number of rotatable bonds is 6. The van der Waals surface area contributed by atoms with E-state index in [9.17, 15) is 0 Å². The summed E-state index contributed by atoms with van der Waals surface area (Å²) in [7, 11) is 4.41. The van der Waals surface area contributed by atoms with Gasteiger partial charge in [0.2, 0.25) is 0 Å². The molecule has 0 saturated carbocycles. The third-order valence-electron chi connectivity index (χ3n) is 2.84.